The summed E-state index contributed by atoms with van der Waals surface area (Å²) in [6.07, 6.45) is 0. The number of nitrogen functional groups attached to an aromatic ring is 1. The minimum Gasteiger partial charge on any atom is -0.451 e. The molecule has 0 spiro atoms. The van der Waals surface area contributed by atoms with Crippen molar-refractivity contribution in [1.82, 2.24) is 0 Å². The Morgan fingerprint density at radius 1 is 1.10 bits per heavy atom. The monoisotopic (exact) mass is 320 g/mol. The van der Waals surface area contributed by atoms with Crippen molar-refractivity contribution in [3.63, 3.8) is 0 Å². The first-order chi connectivity index (χ1) is 10.0. The molecule has 0 atom stereocenters. The minimum atomic E-state index is -0.406. The van der Waals surface area contributed by atoms with E-state index in [1.807, 2.05) is 18.2 Å². The van der Waals surface area contributed by atoms with Crippen molar-refractivity contribution in [3.05, 3.63) is 58.3 Å². The molecule has 21 heavy (non-hydrogen) atoms. The molecule has 3 N–H and O–H groups in total. The lowest BCUT2D eigenvalue weighted by atomic mass is 10.2. The van der Waals surface area contributed by atoms with Crippen molar-refractivity contribution in [2.75, 3.05) is 11.1 Å². The average Bonchev–Trinajstić information content (AvgIpc) is 2.88. The standard InChI is InChI=1S/C15H10Cl2N2O2/c16-9-6-11(18)12(7-10(9)17)19-15(20)14-5-8-3-1-2-4-13(8)21-14/h1-7H,18H2,(H,19,20). The number of amides is 1. The maximum Gasteiger partial charge on any atom is 0.291 e. The van der Waals surface area contributed by atoms with Crippen molar-refractivity contribution in [1.29, 1.82) is 0 Å². The predicted molar refractivity (Wildman–Crippen MR) is 85.0 cm³/mol. The van der Waals surface area contributed by atoms with Gasteiger partial charge in [-0.2, -0.15) is 0 Å². The first-order valence-corrected chi connectivity index (χ1v) is 6.84. The first kappa shape index (κ1) is 13.8. The lowest BCUT2D eigenvalue weighted by Crippen LogP contribution is -2.12. The molecule has 0 unspecified atom stereocenters. The number of hydrogen-bond donors (Lipinski definition) is 2. The highest BCUT2D eigenvalue weighted by Gasteiger charge is 2.14. The smallest absolute Gasteiger partial charge is 0.291 e. The van der Waals surface area contributed by atoms with Crippen LogP contribution in [0, 0.1) is 0 Å². The summed E-state index contributed by atoms with van der Waals surface area (Å²) in [5.41, 5.74) is 7.16. The van der Waals surface area contributed by atoms with E-state index in [4.69, 9.17) is 33.4 Å². The highest BCUT2D eigenvalue weighted by atomic mass is 35.5. The molecule has 0 saturated heterocycles. The number of nitrogens with two attached hydrogens (primary N) is 1. The normalized spacial score (nSPS) is 10.8. The van der Waals surface area contributed by atoms with E-state index in [2.05, 4.69) is 5.32 Å². The van der Waals surface area contributed by atoms with Gasteiger partial charge in [-0.15, -0.1) is 0 Å². The van der Waals surface area contributed by atoms with E-state index >= 15 is 0 Å². The number of anilines is 2. The Balaban J connectivity index is 1.91. The Morgan fingerprint density at radius 2 is 1.81 bits per heavy atom. The Labute approximate surface area is 130 Å². The van der Waals surface area contributed by atoms with Crippen LogP contribution in [-0.4, -0.2) is 5.91 Å². The largest absolute Gasteiger partial charge is 0.451 e. The van der Waals surface area contributed by atoms with Crippen LogP contribution >= 0.6 is 23.2 Å². The molecule has 4 nitrogen and oxygen atoms in total. The Hall–Kier alpha value is -2.17. The number of rotatable bonds is 2. The number of nitrogens with one attached hydrogen (secondary N) is 1. The van der Waals surface area contributed by atoms with Gasteiger partial charge < -0.3 is 15.5 Å². The Bertz CT molecular complexity index is 810. The number of furan rings is 1. The molecule has 2 aromatic carbocycles. The van der Waals surface area contributed by atoms with Gasteiger partial charge in [0.25, 0.3) is 5.91 Å². The number of halogens is 2. The molecule has 0 saturated carbocycles. The molecule has 1 heterocycles. The van der Waals surface area contributed by atoms with Crippen molar-refractivity contribution in [3.8, 4) is 0 Å². The fourth-order valence-electron chi connectivity index (χ4n) is 1.95. The highest BCUT2D eigenvalue weighted by Crippen LogP contribution is 2.31. The van der Waals surface area contributed by atoms with Crippen LogP contribution < -0.4 is 11.1 Å². The molecular weight excluding hydrogens is 311 g/mol. The third kappa shape index (κ3) is 2.68. The fourth-order valence-corrected chi connectivity index (χ4v) is 2.28. The SMILES string of the molecule is Nc1cc(Cl)c(Cl)cc1NC(=O)c1cc2ccccc2o1. The van der Waals surface area contributed by atoms with Gasteiger partial charge in [0, 0.05) is 5.39 Å². The quantitative estimate of drug-likeness (QED) is 0.679. The number of carbonyl (C=O) groups is 1. The van der Waals surface area contributed by atoms with Crippen molar-refractivity contribution in [2.45, 2.75) is 0 Å². The molecule has 6 heteroatoms. The van der Waals surface area contributed by atoms with Gasteiger partial charge in [-0.3, -0.25) is 4.79 Å². The summed E-state index contributed by atoms with van der Waals surface area (Å²) in [5.74, 6) is -0.210. The molecule has 3 rings (SSSR count). The summed E-state index contributed by atoms with van der Waals surface area (Å²) in [4.78, 5) is 12.2. The van der Waals surface area contributed by atoms with Crippen LogP contribution in [0.3, 0.4) is 0 Å². The molecule has 3 aromatic rings. The van der Waals surface area contributed by atoms with Crippen molar-refractivity contribution < 1.29 is 9.21 Å². The van der Waals surface area contributed by atoms with E-state index in [0.29, 0.717) is 27.0 Å². The number of hydrogen-bond acceptors (Lipinski definition) is 3. The summed E-state index contributed by atoms with van der Waals surface area (Å²) in [5, 5.41) is 4.15. The number of fused-ring (bicyclic) bond motifs is 1. The molecular formula is C15H10Cl2N2O2. The summed E-state index contributed by atoms with van der Waals surface area (Å²) >= 11 is 11.8. The molecule has 106 valence electrons. The van der Waals surface area contributed by atoms with E-state index in [0.717, 1.165) is 5.39 Å². The van der Waals surface area contributed by atoms with Crippen LogP contribution in [-0.2, 0) is 0 Å². The molecule has 0 radical (unpaired) electrons. The van der Waals surface area contributed by atoms with Crippen molar-refractivity contribution in [2.24, 2.45) is 0 Å². The summed E-state index contributed by atoms with van der Waals surface area (Å²) in [6, 6.07) is 12.0. The fraction of sp³-hybridized carbons (Fsp3) is 0. The summed E-state index contributed by atoms with van der Waals surface area (Å²) in [6.45, 7) is 0. The maximum atomic E-state index is 12.2. The Morgan fingerprint density at radius 3 is 2.57 bits per heavy atom. The maximum absolute atomic E-state index is 12.2. The zero-order chi connectivity index (χ0) is 15.0. The predicted octanol–water partition coefficient (Wildman–Crippen LogP) is 4.57. The third-order valence-corrected chi connectivity index (χ3v) is 3.71. The van der Waals surface area contributed by atoms with Gasteiger partial charge in [0.05, 0.1) is 21.4 Å². The molecule has 1 amide bonds. The lowest BCUT2D eigenvalue weighted by Gasteiger charge is -2.08. The second kappa shape index (κ2) is 5.31. The van der Waals surface area contributed by atoms with Gasteiger partial charge in [0.2, 0.25) is 0 Å². The minimum absolute atomic E-state index is 0.196. The van der Waals surface area contributed by atoms with Crippen LogP contribution in [0.15, 0.2) is 46.9 Å². The molecule has 0 aliphatic carbocycles. The van der Waals surface area contributed by atoms with Crippen LogP contribution in [0.2, 0.25) is 10.0 Å². The van der Waals surface area contributed by atoms with Crippen molar-refractivity contribution >= 4 is 51.5 Å². The molecule has 1 aromatic heterocycles. The average molecular weight is 321 g/mol. The highest BCUT2D eigenvalue weighted by molar-refractivity contribution is 6.42. The zero-order valence-electron chi connectivity index (χ0n) is 10.7. The van der Waals surface area contributed by atoms with E-state index < -0.39 is 5.91 Å². The van der Waals surface area contributed by atoms with Crippen LogP contribution in [0.4, 0.5) is 11.4 Å². The molecule has 0 aliphatic rings. The van der Waals surface area contributed by atoms with Gasteiger partial charge in [-0.1, -0.05) is 41.4 Å². The topological polar surface area (TPSA) is 68.3 Å². The van der Waals surface area contributed by atoms with Crippen LogP contribution in [0.25, 0.3) is 11.0 Å². The Kier molecular flexibility index (Phi) is 3.49. The number of carbonyl (C=O) groups excluding carboxylic acids is 1. The van der Waals surface area contributed by atoms with Gasteiger partial charge in [0.1, 0.15) is 5.58 Å². The van der Waals surface area contributed by atoms with E-state index in [1.165, 1.54) is 12.1 Å². The van der Waals surface area contributed by atoms with E-state index in [9.17, 15) is 4.79 Å². The third-order valence-electron chi connectivity index (χ3n) is 2.99. The van der Waals surface area contributed by atoms with Gasteiger partial charge in [0.15, 0.2) is 5.76 Å². The zero-order valence-corrected chi connectivity index (χ0v) is 12.2. The van der Waals surface area contributed by atoms with Gasteiger partial charge in [-0.05, 0) is 24.3 Å². The summed E-state index contributed by atoms with van der Waals surface area (Å²) in [7, 11) is 0. The molecule has 0 aliphatic heterocycles. The number of benzene rings is 2. The number of para-hydroxylation sites is 1. The first-order valence-electron chi connectivity index (χ1n) is 6.09. The van der Waals surface area contributed by atoms with Gasteiger partial charge in [-0.25, -0.2) is 0 Å². The summed E-state index contributed by atoms with van der Waals surface area (Å²) < 4.78 is 5.48. The van der Waals surface area contributed by atoms with Gasteiger partial charge >= 0.3 is 0 Å². The van der Waals surface area contributed by atoms with Crippen LogP contribution in [0.1, 0.15) is 10.6 Å². The van der Waals surface area contributed by atoms with E-state index in [1.54, 1.807) is 12.1 Å². The molecule has 0 fully saturated rings. The lowest BCUT2D eigenvalue weighted by molar-refractivity contribution is 0.0999. The van der Waals surface area contributed by atoms with Crippen LogP contribution in [0.5, 0.6) is 0 Å². The second-order valence-corrected chi connectivity index (χ2v) is 5.27. The van der Waals surface area contributed by atoms with E-state index in [-0.39, 0.29) is 5.76 Å². The second-order valence-electron chi connectivity index (χ2n) is 4.46. The molecule has 0 bridgehead atoms.